The van der Waals surface area contributed by atoms with Crippen molar-refractivity contribution in [1.82, 2.24) is 19.7 Å². The minimum absolute atomic E-state index is 0.0723. The average Bonchev–Trinajstić information content (AvgIpc) is 3.40. The SMILES string of the molecule is CCOC(=O)[C@H](C)N[P@@](=O)(Oc1ccccc1)OC1CO[C@@](C#N)(c2ccc3c(N)nc(C)nn23)[C@](C)(O)[C@@H]1OC(=O)C(C)C. The highest BCUT2D eigenvalue weighted by Gasteiger charge is 2.65. The van der Waals surface area contributed by atoms with Crippen molar-refractivity contribution >= 4 is 31.0 Å². The molecule has 45 heavy (non-hydrogen) atoms. The van der Waals surface area contributed by atoms with E-state index in [9.17, 15) is 24.5 Å². The van der Waals surface area contributed by atoms with E-state index in [2.05, 4.69) is 15.2 Å². The van der Waals surface area contributed by atoms with E-state index in [1.165, 1.54) is 36.6 Å². The minimum atomic E-state index is -4.53. The molecule has 1 aliphatic heterocycles. The molecule has 1 unspecified atom stereocenters. The van der Waals surface area contributed by atoms with Crippen molar-refractivity contribution in [3.8, 4) is 11.8 Å². The summed E-state index contributed by atoms with van der Waals surface area (Å²) in [5.41, 5.74) is 1.93. The number of aliphatic hydroxyl groups is 1. The maximum Gasteiger partial charge on any atom is 0.459 e. The summed E-state index contributed by atoms with van der Waals surface area (Å²) in [7, 11) is -4.53. The van der Waals surface area contributed by atoms with Crippen LogP contribution >= 0.6 is 7.75 Å². The largest absolute Gasteiger partial charge is 0.465 e. The molecule has 0 radical (unpaired) electrons. The molecule has 1 aromatic carbocycles. The van der Waals surface area contributed by atoms with Crippen LogP contribution in [0.4, 0.5) is 5.82 Å². The zero-order valence-electron chi connectivity index (χ0n) is 25.8. The predicted molar refractivity (Wildman–Crippen MR) is 160 cm³/mol. The molecule has 0 amide bonds. The van der Waals surface area contributed by atoms with Gasteiger partial charge >= 0.3 is 19.7 Å². The van der Waals surface area contributed by atoms with Crippen molar-refractivity contribution in [3.05, 3.63) is 54.0 Å². The number of nitrogen functional groups attached to an aromatic ring is 1. The average molecular weight is 645 g/mol. The smallest absolute Gasteiger partial charge is 0.459 e. The van der Waals surface area contributed by atoms with Gasteiger partial charge in [-0.1, -0.05) is 32.0 Å². The van der Waals surface area contributed by atoms with Gasteiger partial charge in [0.1, 0.15) is 40.9 Å². The Labute approximate surface area is 260 Å². The molecule has 1 saturated heterocycles. The summed E-state index contributed by atoms with van der Waals surface area (Å²) in [5, 5.41) is 29.7. The van der Waals surface area contributed by atoms with Crippen LogP contribution in [0, 0.1) is 24.2 Å². The summed E-state index contributed by atoms with van der Waals surface area (Å²) < 4.78 is 44.3. The van der Waals surface area contributed by atoms with E-state index >= 15 is 0 Å². The molecule has 1 fully saturated rings. The van der Waals surface area contributed by atoms with Crippen LogP contribution in [0.1, 0.15) is 46.1 Å². The lowest BCUT2D eigenvalue weighted by molar-refractivity contribution is -0.272. The highest BCUT2D eigenvalue weighted by molar-refractivity contribution is 7.52. The Balaban J connectivity index is 1.80. The fourth-order valence-electron chi connectivity index (χ4n) is 4.91. The first-order valence-corrected chi connectivity index (χ1v) is 15.8. The third-order valence-electron chi connectivity index (χ3n) is 7.18. The van der Waals surface area contributed by atoms with Crippen LogP contribution in [0.3, 0.4) is 0 Å². The second kappa shape index (κ2) is 13.1. The van der Waals surface area contributed by atoms with Gasteiger partial charge in [0, 0.05) is 0 Å². The lowest BCUT2D eigenvalue weighted by Crippen LogP contribution is -2.68. The van der Waals surface area contributed by atoms with Crippen molar-refractivity contribution in [1.29, 1.82) is 5.26 Å². The molecule has 16 heteroatoms. The predicted octanol–water partition coefficient (Wildman–Crippen LogP) is 2.80. The number of carbonyl (C=O) groups is 2. The number of hydrogen-bond donors (Lipinski definition) is 3. The van der Waals surface area contributed by atoms with Gasteiger partial charge in [0.05, 0.1) is 24.8 Å². The normalized spacial score (nSPS) is 25.2. The number of aromatic nitrogens is 3. The number of esters is 2. The highest BCUT2D eigenvalue weighted by Crippen LogP contribution is 2.51. The van der Waals surface area contributed by atoms with Gasteiger partial charge in [-0.3, -0.25) is 14.1 Å². The summed E-state index contributed by atoms with van der Waals surface area (Å²) >= 11 is 0. The van der Waals surface area contributed by atoms with Gasteiger partial charge in [0.25, 0.3) is 0 Å². The molecule has 6 atom stereocenters. The zero-order valence-corrected chi connectivity index (χ0v) is 26.7. The van der Waals surface area contributed by atoms with Gasteiger partial charge in [0.2, 0.25) is 5.60 Å². The Morgan fingerprint density at radius 1 is 1.24 bits per heavy atom. The first-order valence-electron chi connectivity index (χ1n) is 14.3. The number of hydrogen-bond acceptors (Lipinski definition) is 13. The summed E-state index contributed by atoms with van der Waals surface area (Å²) in [6.07, 6.45) is -3.13. The van der Waals surface area contributed by atoms with Crippen LogP contribution in [0.5, 0.6) is 5.75 Å². The van der Waals surface area contributed by atoms with Crippen LogP contribution in [-0.2, 0) is 38.5 Å². The van der Waals surface area contributed by atoms with Crippen molar-refractivity contribution in [2.75, 3.05) is 18.9 Å². The van der Waals surface area contributed by atoms with E-state index in [-0.39, 0.29) is 29.7 Å². The van der Waals surface area contributed by atoms with Crippen LogP contribution < -0.4 is 15.3 Å². The maximum atomic E-state index is 14.3. The molecule has 4 rings (SSSR count). The Kier molecular flexibility index (Phi) is 9.86. The Bertz CT molecular complexity index is 1640. The summed E-state index contributed by atoms with van der Waals surface area (Å²) in [6, 6.07) is 11.9. The van der Waals surface area contributed by atoms with Crippen molar-refractivity contribution < 1.29 is 42.5 Å². The molecule has 4 N–H and O–H groups in total. The molecule has 3 aromatic rings. The first kappa shape index (κ1) is 33.8. The van der Waals surface area contributed by atoms with Crippen LogP contribution in [0.15, 0.2) is 42.5 Å². The van der Waals surface area contributed by atoms with Gasteiger partial charge in [-0.25, -0.2) is 14.1 Å². The van der Waals surface area contributed by atoms with Crippen molar-refractivity contribution in [2.45, 2.75) is 71.0 Å². The summed E-state index contributed by atoms with van der Waals surface area (Å²) in [4.78, 5) is 29.6. The number of benzene rings is 1. The summed E-state index contributed by atoms with van der Waals surface area (Å²) in [6.45, 7) is 8.57. The van der Waals surface area contributed by atoms with E-state index in [4.69, 9.17) is 29.0 Å². The monoisotopic (exact) mass is 644 g/mol. The lowest BCUT2D eigenvalue weighted by Gasteiger charge is -2.50. The second-order valence-corrected chi connectivity index (χ2v) is 12.6. The third kappa shape index (κ3) is 6.66. The number of aryl methyl sites for hydroxylation is 1. The molecule has 0 bridgehead atoms. The molecule has 2 aromatic heterocycles. The number of fused-ring (bicyclic) bond motifs is 1. The lowest BCUT2D eigenvalue weighted by atomic mass is 9.74. The van der Waals surface area contributed by atoms with Gasteiger partial charge < -0.3 is 29.6 Å². The number of anilines is 1. The van der Waals surface area contributed by atoms with Crippen LogP contribution in [0.25, 0.3) is 5.52 Å². The molecule has 15 nitrogen and oxygen atoms in total. The number of carbonyl (C=O) groups excluding carboxylic acids is 2. The molecule has 3 heterocycles. The maximum absolute atomic E-state index is 14.3. The van der Waals surface area contributed by atoms with E-state index < -0.39 is 61.7 Å². The number of ether oxygens (including phenoxy) is 3. The van der Waals surface area contributed by atoms with Crippen LogP contribution in [-0.4, -0.2) is 68.7 Å². The topological polar surface area (TPSA) is 210 Å². The molecule has 0 saturated carbocycles. The van der Waals surface area contributed by atoms with Gasteiger partial charge in [0.15, 0.2) is 11.9 Å². The van der Waals surface area contributed by atoms with Crippen molar-refractivity contribution in [3.63, 3.8) is 0 Å². The van der Waals surface area contributed by atoms with E-state index in [0.717, 1.165) is 0 Å². The molecular weight excluding hydrogens is 607 g/mol. The number of rotatable bonds is 11. The minimum Gasteiger partial charge on any atom is -0.465 e. The first-order chi connectivity index (χ1) is 21.2. The number of nitrogens with one attached hydrogen (secondary N) is 1. The quantitative estimate of drug-likeness (QED) is 0.203. The Morgan fingerprint density at radius 3 is 2.56 bits per heavy atom. The van der Waals surface area contributed by atoms with E-state index in [1.54, 1.807) is 52.0 Å². The Morgan fingerprint density at radius 2 is 1.93 bits per heavy atom. The van der Waals surface area contributed by atoms with Gasteiger partial charge in [-0.2, -0.15) is 15.4 Å². The number of nitrogens with zero attached hydrogens (tertiary/aromatic N) is 4. The van der Waals surface area contributed by atoms with Crippen molar-refractivity contribution in [2.24, 2.45) is 5.92 Å². The van der Waals surface area contributed by atoms with Crippen LogP contribution in [0.2, 0.25) is 0 Å². The molecular formula is C29H37N6O9P. The second-order valence-electron chi connectivity index (χ2n) is 11.0. The molecule has 0 aliphatic carbocycles. The molecule has 0 spiro atoms. The van der Waals surface area contributed by atoms with Gasteiger partial charge in [-0.15, -0.1) is 0 Å². The standard InChI is InChI=1S/C29H37N6O9P/c1-7-40-27(37)18(4)34-45(39,43-20-11-9-8-10-12-20)44-22-15-41-29(16-30,28(6,38)24(22)42-26(36)17(2)3)23-14-13-21-25(31)32-19(5)33-35(21)23/h8-14,17-18,22,24,38H,7,15H2,1-6H3,(H,34,39)(H2,31,32,33)/t18-,22?,24+,28+,29-,45+/m0/s1. The zero-order chi connectivity index (χ0) is 33.2. The van der Waals surface area contributed by atoms with Gasteiger partial charge in [-0.05, 0) is 52.0 Å². The molecule has 242 valence electrons. The highest BCUT2D eigenvalue weighted by atomic mass is 31.2. The number of nitrogens with two attached hydrogens (primary N) is 1. The third-order valence-corrected chi connectivity index (χ3v) is 8.88. The fourth-order valence-corrected chi connectivity index (χ4v) is 6.57. The van der Waals surface area contributed by atoms with E-state index in [1.807, 2.05) is 6.07 Å². The summed E-state index contributed by atoms with van der Waals surface area (Å²) in [5.74, 6) is -1.58. The fraction of sp³-hybridized carbons (Fsp3) is 0.483. The Hall–Kier alpha value is -4.06. The van der Waals surface area contributed by atoms with E-state index in [0.29, 0.717) is 5.52 Å². The molecule has 1 aliphatic rings. The number of nitriles is 1. The number of para-hydroxylation sites is 1.